The molecule has 0 bridgehead atoms. The van der Waals surface area contributed by atoms with E-state index in [0.29, 0.717) is 18.4 Å². The zero-order chi connectivity index (χ0) is 23.8. The average molecular weight is 479 g/mol. The van der Waals surface area contributed by atoms with Gasteiger partial charge in [0.15, 0.2) is 5.65 Å². The quantitative estimate of drug-likeness (QED) is 0.387. The first-order valence-corrected chi connectivity index (χ1v) is 10.5. The number of carbonyl (C=O) groups is 2. The van der Waals surface area contributed by atoms with Gasteiger partial charge < -0.3 is 10.1 Å². The highest BCUT2D eigenvalue weighted by Gasteiger charge is 2.43. The molecule has 1 unspecified atom stereocenters. The summed E-state index contributed by atoms with van der Waals surface area (Å²) in [6, 6.07) is 9.09. The number of nitrogens with one attached hydrogen (secondary N) is 1. The van der Waals surface area contributed by atoms with Gasteiger partial charge in [-0.15, -0.1) is 0 Å². The minimum absolute atomic E-state index is 0.0182. The molecule has 3 heterocycles. The first-order valence-electron chi connectivity index (χ1n) is 10.1. The molecular weight excluding hydrogens is 461 g/mol. The predicted molar refractivity (Wildman–Crippen MR) is 115 cm³/mol. The number of carbonyl (C=O) groups excluding carboxylic acids is 2. The first kappa shape index (κ1) is 22.8. The van der Waals surface area contributed by atoms with Crippen LogP contribution in [0.4, 0.5) is 23.8 Å². The molecule has 1 atom stereocenters. The van der Waals surface area contributed by atoms with Gasteiger partial charge in [-0.05, 0) is 48.9 Å². The van der Waals surface area contributed by atoms with E-state index >= 15 is 0 Å². The van der Waals surface area contributed by atoms with E-state index < -0.39 is 30.0 Å². The number of alkyl halides is 3. The van der Waals surface area contributed by atoms with Gasteiger partial charge in [-0.1, -0.05) is 24.9 Å². The summed E-state index contributed by atoms with van der Waals surface area (Å²) in [7, 11) is 0. The number of amides is 2. The van der Waals surface area contributed by atoms with Crippen molar-refractivity contribution in [1.29, 1.82) is 0 Å². The van der Waals surface area contributed by atoms with Gasteiger partial charge in [0.05, 0.1) is 5.56 Å². The summed E-state index contributed by atoms with van der Waals surface area (Å²) in [6.45, 7) is 2.26. The van der Waals surface area contributed by atoms with Gasteiger partial charge in [0.25, 0.3) is 5.91 Å². The van der Waals surface area contributed by atoms with Gasteiger partial charge in [-0.3, -0.25) is 9.69 Å². The third-order valence-electron chi connectivity index (χ3n) is 5.10. The third-order valence-corrected chi connectivity index (χ3v) is 5.31. The van der Waals surface area contributed by atoms with Gasteiger partial charge in [-0.2, -0.15) is 13.2 Å². The maximum atomic E-state index is 13.3. The highest BCUT2D eigenvalue weighted by Crippen LogP contribution is 2.41. The summed E-state index contributed by atoms with van der Waals surface area (Å²) in [5.74, 6) is -0.600. The summed E-state index contributed by atoms with van der Waals surface area (Å²) in [5.41, 5.74) is -0.835. The van der Waals surface area contributed by atoms with Crippen molar-refractivity contribution < 1.29 is 27.5 Å². The maximum Gasteiger partial charge on any atom is 0.416 e. The monoisotopic (exact) mass is 478 g/mol. The van der Waals surface area contributed by atoms with Crippen LogP contribution in [-0.2, 0) is 10.9 Å². The van der Waals surface area contributed by atoms with Crippen LogP contribution in [0.1, 0.15) is 47.5 Å². The fraction of sp³-hybridized carbons (Fsp3) is 0.273. The summed E-state index contributed by atoms with van der Waals surface area (Å²) >= 11 is 5.93. The molecule has 0 saturated carbocycles. The Kier molecular flexibility index (Phi) is 6.11. The van der Waals surface area contributed by atoms with Crippen molar-refractivity contribution in [2.45, 2.75) is 32.2 Å². The third kappa shape index (κ3) is 4.56. The molecule has 0 aliphatic carbocycles. The molecule has 3 aromatic rings. The van der Waals surface area contributed by atoms with E-state index in [4.69, 9.17) is 16.3 Å². The van der Waals surface area contributed by atoms with Crippen LogP contribution in [0.25, 0.3) is 11.0 Å². The number of benzene rings is 1. The highest BCUT2D eigenvalue weighted by molar-refractivity contribution is 6.29. The lowest BCUT2D eigenvalue weighted by molar-refractivity contribution is -0.137. The molecule has 11 heteroatoms. The lowest BCUT2D eigenvalue weighted by atomic mass is 10.1. The fourth-order valence-corrected chi connectivity index (χ4v) is 3.61. The van der Waals surface area contributed by atoms with Crippen molar-refractivity contribution in [3.05, 3.63) is 64.3 Å². The van der Waals surface area contributed by atoms with Crippen LogP contribution >= 0.6 is 11.6 Å². The molecule has 172 valence electrons. The summed E-state index contributed by atoms with van der Waals surface area (Å²) in [6.07, 6.45) is -5.43. The van der Waals surface area contributed by atoms with Crippen molar-refractivity contribution in [2.75, 3.05) is 11.4 Å². The second-order valence-corrected chi connectivity index (χ2v) is 7.75. The number of rotatable bonds is 5. The van der Waals surface area contributed by atoms with Crippen molar-refractivity contribution in [1.82, 2.24) is 15.3 Å². The Bertz CT molecular complexity index is 1240. The van der Waals surface area contributed by atoms with E-state index in [1.165, 1.54) is 6.07 Å². The number of unbranched alkanes of at least 4 members (excludes halogenated alkanes) is 1. The number of fused-ring (bicyclic) bond motifs is 2. The molecule has 2 amide bonds. The van der Waals surface area contributed by atoms with Gasteiger partial charge in [-0.25, -0.2) is 14.8 Å². The van der Waals surface area contributed by atoms with Crippen molar-refractivity contribution in [3.63, 3.8) is 0 Å². The van der Waals surface area contributed by atoms with Crippen molar-refractivity contribution >= 4 is 40.5 Å². The molecule has 1 N–H and O–H groups in total. The molecule has 0 spiro atoms. The molecule has 1 aliphatic heterocycles. The Morgan fingerprint density at radius 2 is 1.94 bits per heavy atom. The standard InChI is InChI=1S/C22H18ClF3N4O3/c1-2-3-10-27-21(32)33-20-15-11-13(22(24,25)26)6-7-14(15)19(31)30(20)17-9-5-12-4-8-16(23)28-18(12)29-17/h4-9,11,20H,2-3,10H2,1H3,(H,27,32). The van der Waals surface area contributed by atoms with Crippen LogP contribution in [-0.4, -0.2) is 28.5 Å². The lowest BCUT2D eigenvalue weighted by Gasteiger charge is -2.24. The normalized spacial score (nSPS) is 15.6. The zero-order valence-corrected chi connectivity index (χ0v) is 18.1. The minimum Gasteiger partial charge on any atom is -0.420 e. The number of ether oxygens (including phenoxy) is 1. The fourth-order valence-electron chi connectivity index (χ4n) is 3.46. The smallest absolute Gasteiger partial charge is 0.416 e. The van der Waals surface area contributed by atoms with E-state index in [2.05, 4.69) is 15.3 Å². The van der Waals surface area contributed by atoms with E-state index in [-0.39, 0.29) is 27.7 Å². The SMILES string of the molecule is CCCCNC(=O)OC1c2cc(C(F)(F)F)ccc2C(=O)N1c1ccc2ccc(Cl)nc2n1. The molecule has 1 aliphatic rings. The Balaban J connectivity index is 1.77. The number of nitrogens with zero attached hydrogens (tertiary/aromatic N) is 3. The topological polar surface area (TPSA) is 84.4 Å². The van der Waals surface area contributed by atoms with Crippen molar-refractivity contribution in [3.8, 4) is 0 Å². The first-order chi connectivity index (χ1) is 15.7. The molecule has 0 fully saturated rings. The van der Waals surface area contributed by atoms with Gasteiger partial charge in [0, 0.05) is 23.1 Å². The van der Waals surface area contributed by atoms with E-state index in [1.54, 1.807) is 18.2 Å². The van der Waals surface area contributed by atoms with E-state index in [1.807, 2.05) is 6.92 Å². The molecule has 2 aromatic heterocycles. The second kappa shape index (κ2) is 8.86. The van der Waals surface area contributed by atoms with E-state index in [0.717, 1.165) is 29.5 Å². The predicted octanol–water partition coefficient (Wildman–Crippen LogP) is 5.49. The van der Waals surface area contributed by atoms with Crippen molar-refractivity contribution in [2.24, 2.45) is 0 Å². The highest BCUT2D eigenvalue weighted by atomic mass is 35.5. The molecule has 4 rings (SSSR count). The Hall–Kier alpha value is -3.40. The summed E-state index contributed by atoms with van der Waals surface area (Å²) < 4.78 is 45.4. The summed E-state index contributed by atoms with van der Waals surface area (Å²) in [4.78, 5) is 35.0. The number of aromatic nitrogens is 2. The second-order valence-electron chi connectivity index (χ2n) is 7.36. The number of pyridine rings is 2. The molecule has 33 heavy (non-hydrogen) atoms. The van der Waals surface area contributed by atoms with Crippen LogP contribution in [0, 0.1) is 0 Å². The minimum atomic E-state index is -4.64. The average Bonchev–Trinajstić information content (AvgIpc) is 3.03. The van der Waals surface area contributed by atoms with Gasteiger partial charge in [0.2, 0.25) is 6.23 Å². The summed E-state index contributed by atoms with van der Waals surface area (Å²) in [5, 5.41) is 3.36. The van der Waals surface area contributed by atoms with Crippen LogP contribution in [0.2, 0.25) is 5.15 Å². The lowest BCUT2D eigenvalue weighted by Crippen LogP contribution is -2.35. The molecule has 7 nitrogen and oxygen atoms in total. The maximum absolute atomic E-state index is 13.3. The number of anilines is 1. The Morgan fingerprint density at radius 1 is 1.18 bits per heavy atom. The molecule has 1 aromatic carbocycles. The van der Waals surface area contributed by atoms with Crippen LogP contribution in [0.5, 0.6) is 0 Å². The number of halogens is 4. The van der Waals surface area contributed by atoms with Crippen LogP contribution in [0.3, 0.4) is 0 Å². The zero-order valence-electron chi connectivity index (χ0n) is 17.3. The van der Waals surface area contributed by atoms with Crippen LogP contribution in [0.15, 0.2) is 42.5 Å². The Morgan fingerprint density at radius 3 is 2.67 bits per heavy atom. The number of alkyl carbamates (subject to hydrolysis) is 1. The molecular formula is C22H18ClF3N4O3. The number of hydrogen-bond acceptors (Lipinski definition) is 5. The number of hydrogen-bond donors (Lipinski definition) is 1. The molecule has 0 saturated heterocycles. The van der Waals surface area contributed by atoms with Gasteiger partial charge >= 0.3 is 12.3 Å². The Labute approximate surface area is 191 Å². The van der Waals surface area contributed by atoms with Crippen LogP contribution < -0.4 is 10.2 Å². The largest absolute Gasteiger partial charge is 0.420 e. The van der Waals surface area contributed by atoms with E-state index in [9.17, 15) is 22.8 Å². The molecule has 0 radical (unpaired) electrons. The van der Waals surface area contributed by atoms with Gasteiger partial charge in [0.1, 0.15) is 11.0 Å².